The summed E-state index contributed by atoms with van der Waals surface area (Å²) in [5.74, 6) is 1.75. The molecule has 17 heavy (non-hydrogen) atoms. The van der Waals surface area contributed by atoms with Gasteiger partial charge in [0.25, 0.3) is 0 Å². The summed E-state index contributed by atoms with van der Waals surface area (Å²) in [5.41, 5.74) is 1.85. The second-order valence-electron chi connectivity index (χ2n) is 5.03. The number of aryl methyl sites for hydroxylation is 1. The van der Waals surface area contributed by atoms with Gasteiger partial charge < -0.3 is 9.52 Å². The lowest BCUT2D eigenvalue weighted by Gasteiger charge is -2.03. The minimum atomic E-state index is -0.484. The molecule has 0 saturated heterocycles. The molecule has 0 amide bonds. The van der Waals surface area contributed by atoms with Crippen LogP contribution < -0.4 is 0 Å². The average molecular weight is 228 g/mol. The van der Waals surface area contributed by atoms with Gasteiger partial charge in [-0.3, -0.25) is 0 Å². The molecular weight excluding hydrogens is 212 g/mol. The van der Waals surface area contributed by atoms with Crippen LogP contribution in [0.25, 0.3) is 11.3 Å². The average Bonchev–Trinajstić information content (AvgIpc) is 2.86. The third kappa shape index (κ3) is 2.27. The first-order valence-electron chi connectivity index (χ1n) is 6.03. The second-order valence-corrected chi connectivity index (χ2v) is 5.03. The standard InChI is InChI=1S/C15H16O2/c1-11-2-4-12(5-3-11)14-7-6-13(17-14)10-15(16)8-9-15/h2-7,16H,8-10H2,1H3. The number of rotatable bonds is 3. The zero-order valence-electron chi connectivity index (χ0n) is 9.94. The van der Waals surface area contributed by atoms with E-state index in [0.717, 1.165) is 29.9 Å². The quantitative estimate of drug-likeness (QED) is 0.874. The van der Waals surface area contributed by atoms with Gasteiger partial charge in [-0.15, -0.1) is 0 Å². The first kappa shape index (κ1) is 10.6. The van der Waals surface area contributed by atoms with Crippen LogP contribution in [0.15, 0.2) is 40.8 Å². The Morgan fingerprint density at radius 1 is 1.12 bits per heavy atom. The summed E-state index contributed by atoms with van der Waals surface area (Å²) in [7, 11) is 0. The van der Waals surface area contributed by atoms with Gasteiger partial charge in [0.1, 0.15) is 11.5 Å². The molecule has 0 aliphatic heterocycles. The summed E-state index contributed by atoms with van der Waals surface area (Å²) < 4.78 is 5.77. The van der Waals surface area contributed by atoms with Crippen molar-refractivity contribution in [1.82, 2.24) is 0 Å². The number of furan rings is 1. The van der Waals surface area contributed by atoms with Gasteiger partial charge in [0, 0.05) is 12.0 Å². The molecule has 88 valence electrons. The molecule has 0 atom stereocenters. The Morgan fingerprint density at radius 2 is 1.82 bits per heavy atom. The summed E-state index contributed by atoms with van der Waals surface area (Å²) in [5, 5.41) is 9.84. The van der Waals surface area contributed by atoms with E-state index in [1.165, 1.54) is 5.56 Å². The molecule has 0 spiro atoms. The highest BCUT2D eigenvalue weighted by atomic mass is 16.3. The summed E-state index contributed by atoms with van der Waals surface area (Å²) in [4.78, 5) is 0. The predicted octanol–water partition coefficient (Wildman–Crippen LogP) is 3.32. The Kier molecular flexibility index (Phi) is 2.33. The van der Waals surface area contributed by atoms with E-state index in [1.807, 2.05) is 12.1 Å². The molecule has 1 aliphatic carbocycles. The van der Waals surface area contributed by atoms with Crippen molar-refractivity contribution in [2.45, 2.75) is 31.8 Å². The van der Waals surface area contributed by atoms with Gasteiger partial charge in [0.05, 0.1) is 5.60 Å². The highest BCUT2D eigenvalue weighted by Crippen LogP contribution is 2.39. The van der Waals surface area contributed by atoms with E-state index >= 15 is 0 Å². The molecule has 1 aromatic heterocycles. The molecule has 2 heteroatoms. The van der Waals surface area contributed by atoms with Crippen molar-refractivity contribution in [3.63, 3.8) is 0 Å². The topological polar surface area (TPSA) is 33.4 Å². The van der Waals surface area contributed by atoms with Crippen molar-refractivity contribution in [2.24, 2.45) is 0 Å². The Labute approximate surface area is 101 Å². The van der Waals surface area contributed by atoms with Gasteiger partial charge in [-0.25, -0.2) is 0 Å². The van der Waals surface area contributed by atoms with Crippen LogP contribution in [0.4, 0.5) is 0 Å². The normalized spacial score (nSPS) is 17.1. The van der Waals surface area contributed by atoms with Crippen molar-refractivity contribution >= 4 is 0 Å². The van der Waals surface area contributed by atoms with Crippen molar-refractivity contribution in [3.8, 4) is 11.3 Å². The van der Waals surface area contributed by atoms with Crippen LogP contribution in [-0.2, 0) is 6.42 Å². The van der Waals surface area contributed by atoms with Crippen LogP contribution in [0, 0.1) is 6.92 Å². The minimum Gasteiger partial charge on any atom is -0.461 e. The Hall–Kier alpha value is -1.54. The van der Waals surface area contributed by atoms with Gasteiger partial charge in [-0.1, -0.05) is 29.8 Å². The number of hydrogen-bond acceptors (Lipinski definition) is 2. The molecule has 1 saturated carbocycles. The van der Waals surface area contributed by atoms with Crippen LogP contribution in [0.1, 0.15) is 24.2 Å². The molecule has 1 N–H and O–H groups in total. The minimum absolute atomic E-state index is 0.484. The largest absolute Gasteiger partial charge is 0.461 e. The maximum absolute atomic E-state index is 9.84. The van der Waals surface area contributed by atoms with Gasteiger partial charge in [-0.2, -0.15) is 0 Å². The van der Waals surface area contributed by atoms with Crippen molar-refractivity contribution in [2.75, 3.05) is 0 Å². The van der Waals surface area contributed by atoms with Crippen LogP contribution >= 0.6 is 0 Å². The molecule has 0 bridgehead atoms. The van der Waals surface area contributed by atoms with Gasteiger partial charge in [0.15, 0.2) is 0 Å². The lowest BCUT2D eigenvalue weighted by atomic mass is 10.1. The SMILES string of the molecule is Cc1ccc(-c2ccc(CC3(O)CC3)o2)cc1. The van der Waals surface area contributed by atoms with Crippen molar-refractivity contribution in [3.05, 3.63) is 47.7 Å². The molecule has 2 nitrogen and oxygen atoms in total. The molecule has 1 aliphatic rings. The van der Waals surface area contributed by atoms with E-state index in [-0.39, 0.29) is 0 Å². The summed E-state index contributed by atoms with van der Waals surface area (Å²) in [6.07, 6.45) is 2.43. The van der Waals surface area contributed by atoms with Gasteiger partial charge >= 0.3 is 0 Å². The fourth-order valence-electron chi connectivity index (χ4n) is 1.99. The zero-order valence-corrected chi connectivity index (χ0v) is 9.94. The maximum Gasteiger partial charge on any atom is 0.134 e. The molecule has 1 heterocycles. The van der Waals surface area contributed by atoms with E-state index in [0.29, 0.717) is 6.42 Å². The molecule has 1 aromatic carbocycles. The second kappa shape index (κ2) is 3.74. The predicted molar refractivity (Wildman–Crippen MR) is 66.8 cm³/mol. The Balaban J connectivity index is 1.82. The van der Waals surface area contributed by atoms with E-state index in [2.05, 4.69) is 31.2 Å². The fraction of sp³-hybridized carbons (Fsp3) is 0.333. The van der Waals surface area contributed by atoms with Crippen LogP contribution in [0.2, 0.25) is 0 Å². The molecule has 1 fully saturated rings. The van der Waals surface area contributed by atoms with Gasteiger partial charge in [0.2, 0.25) is 0 Å². The van der Waals surface area contributed by atoms with E-state index in [9.17, 15) is 5.11 Å². The third-order valence-electron chi connectivity index (χ3n) is 3.33. The van der Waals surface area contributed by atoms with Crippen LogP contribution in [0.5, 0.6) is 0 Å². The molecule has 0 radical (unpaired) electrons. The lowest BCUT2D eigenvalue weighted by Crippen LogP contribution is -2.09. The third-order valence-corrected chi connectivity index (χ3v) is 3.33. The molecule has 0 unspecified atom stereocenters. The van der Waals surface area contributed by atoms with E-state index in [4.69, 9.17) is 4.42 Å². The molecule has 2 aromatic rings. The van der Waals surface area contributed by atoms with E-state index in [1.54, 1.807) is 0 Å². The Morgan fingerprint density at radius 3 is 2.47 bits per heavy atom. The lowest BCUT2D eigenvalue weighted by molar-refractivity contribution is 0.144. The highest BCUT2D eigenvalue weighted by Gasteiger charge is 2.41. The molecular formula is C15H16O2. The summed E-state index contributed by atoms with van der Waals surface area (Å²) >= 11 is 0. The smallest absolute Gasteiger partial charge is 0.134 e. The van der Waals surface area contributed by atoms with Gasteiger partial charge in [-0.05, 0) is 31.9 Å². The first-order valence-corrected chi connectivity index (χ1v) is 6.03. The van der Waals surface area contributed by atoms with Crippen LogP contribution in [-0.4, -0.2) is 10.7 Å². The van der Waals surface area contributed by atoms with E-state index < -0.39 is 5.60 Å². The number of hydrogen-bond donors (Lipinski definition) is 1. The number of benzene rings is 1. The first-order chi connectivity index (χ1) is 8.15. The molecule has 3 rings (SSSR count). The summed E-state index contributed by atoms with van der Waals surface area (Å²) in [6.45, 7) is 2.07. The van der Waals surface area contributed by atoms with Crippen molar-refractivity contribution < 1.29 is 9.52 Å². The Bertz CT molecular complexity index is 518. The highest BCUT2D eigenvalue weighted by molar-refractivity contribution is 5.57. The number of aliphatic hydroxyl groups is 1. The van der Waals surface area contributed by atoms with Crippen LogP contribution in [0.3, 0.4) is 0 Å². The van der Waals surface area contributed by atoms with Crippen molar-refractivity contribution in [1.29, 1.82) is 0 Å². The summed E-state index contributed by atoms with van der Waals surface area (Å²) in [6, 6.07) is 12.2. The zero-order chi connectivity index (χ0) is 11.9. The monoisotopic (exact) mass is 228 g/mol. The maximum atomic E-state index is 9.84. The fourth-order valence-corrected chi connectivity index (χ4v) is 1.99.